The zero-order valence-corrected chi connectivity index (χ0v) is 15.2. The van der Waals surface area contributed by atoms with Crippen molar-refractivity contribution in [1.29, 1.82) is 5.26 Å². The number of nitrogens with zero attached hydrogens (tertiary/aromatic N) is 3. The average Bonchev–Trinajstić information content (AvgIpc) is 3.16. The Kier molecular flexibility index (Phi) is 4.37. The number of nitrogens with one attached hydrogen (secondary N) is 1. The van der Waals surface area contributed by atoms with E-state index >= 15 is 0 Å². The number of hydrogen-bond donors (Lipinski definition) is 2. The molecule has 3 N–H and O–H groups in total. The Bertz CT molecular complexity index is 1190. The van der Waals surface area contributed by atoms with Gasteiger partial charge in [-0.25, -0.2) is 0 Å². The molecule has 1 unspecified atom stereocenters. The summed E-state index contributed by atoms with van der Waals surface area (Å²) >= 11 is 0. The fourth-order valence-electron chi connectivity index (χ4n) is 3.39. The number of nitriles is 1. The van der Waals surface area contributed by atoms with Gasteiger partial charge >= 0.3 is 0 Å². The summed E-state index contributed by atoms with van der Waals surface area (Å²) in [5, 5.41) is 28.0. The number of nitro benzene ring substituents is 1. The number of aromatic amines is 1. The van der Waals surface area contributed by atoms with E-state index in [0.717, 1.165) is 5.56 Å². The Morgan fingerprint density at radius 2 is 2.10 bits per heavy atom. The Balaban J connectivity index is 1.94. The van der Waals surface area contributed by atoms with E-state index < -0.39 is 10.8 Å². The van der Waals surface area contributed by atoms with Crippen molar-refractivity contribution in [1.82, 2.24) is 10.2 Å². The summed E-state index contributed by atoms with van der Waals surface area (Å²) in [6, 6.07) is 15.5. The van der Waals surface area contributed by atoms with E-state index in [4.69, 9.17) is 15.2 Å². The molecule has 9 nitrogen and oxygen atoms in total. The van der Waals surface area contributed by atoms with Crippen molar-refractivity contribution in [2.24, 2.45) is 5.73 Å². The monoisotopic (exact) mass is 389 g/mol. The number of nitro groups is 1. The molecule has 0 radical (unpaired) electrons. The third-order valence-corrected chi connectivity index (χ3v) is 4.71. The molecule has 0 aliphatic carbocycles. The van der Waals surface area contributed by atoms with Gasteiger partial charge in [0.05, 0.1) is 29.2 Å². The topological polar surface area (TPSA) is 140 Å². The molecule has 1 atom stereocenters. The van der Waals surface area contributed by atoms with Crippen molar-refractivity contribution in [2.45, 2.75) is 5.92 Å². The van der Waals surface area contributed by atoms with E-state index in [-0.39, 0.29) is 23.0 Å². The summed E-state index contributed by atoms with van der Waals surface area (Å²) in [7, 11) is 1.55. The maximum Gasteiger partial charge on any atom is 0.270 e. The highest BCUT2D eigenvalue weighted by Crippen LogP contribution is 2.46. The molecule has 0 amide bonds. The predicted molar refractivity (Wildman–Crippen MR) is 103 cm³/mol. The van der Waals surface area contributed by atoms with Gasteiger partial charge < -0.3 is 15.2 Å². The quantitative estimate of drug-likeness (QED) is 0.515. The van der Waals surface area contributed by atoms with Crippen molar-refractivity contribution in [2.75, 3.05) is 7.11 Å². The number of hydrogen-bond acceptors (Lipinski definition) is 7. The van der Waals surface area contributed by atoms with E-state index in [9.17, 15) is 15.4 Å². The molecular formula is C20H15N5O4. The maximum atomic E-state index is 11.2. The number of allylic oxidation sites excluding steroid dienone is 1. The number of non-ortho nitro benzene ring substituents is 1. The predicted octanol–water partition coefficient (Wildman–Crippen LogP) is 3.21. The standard InChI is InChI=1S/C20H15N5O4/c1-28-14-7-3-4-11(9-14)16-15(10-21)19(22)29-20-17(16)18(23-24-20)12-5-2-6-13(8-12)25(26)27/h2-9,16H,22H2,1H3,(H,23,24). The van der Waals surface area contributed by atoms with Crippen LogP contribution in [0.3, 0.4) is 0 Å². The lowest BCUT2D eigenvalue weighted by atomic mass is 9.83. The van der Waals surface area contributed by atoms with E-state index in [0.29, 0.717) is 22.6 Å². The first-order chi connectivity index (χ1) is 14.0. The van der Waals surface area contributed by atoms with Gasteiger partial charge in [0.2, 0.25) is 11.8 Å². The number of rotatable bonds is 4. The lowest BCUT2D eigenvalue weighted by Crippen LogP contribution is -2.21. The van der Waals surface area contributed by atoms with Crippen molar-refractivity contribution >= 4 is 5.69 Å². The molecule has 2 aromatic carbocycles. The molecule has 1 aromatic heterocycles. The van der Waals surface area contributed by atoms with Gasteiger partial charge in [-0.3, -0.25) is 15.2 Å². The first-order valence-electron chi connectivity index (χ1n) is 8.58. The molecule has 0 bridgehead atoms. The zero-order chi connectivity index (χ0) is 20.5. The van der Waals surface area contributed by atoms with Crippen LogP contribution in [0.1, 0.15) is 17.0 Å². The molecule has 1 aliphatic heterocycles. The summed E-state index contributed by atoms with van der Waals surface area (Å²) < 4.78 is 10.9. The van der Waals surface area contributed by atoms with Gasteiger partial charge in [-0.1, -0.05) is 24.3 Å². The van der Waals surface area contributed by atoms with Gasteiger partial charge in [-0.2, -0.15) is 5.26 Å². The Morgan fingerprint density at radius 3 is 2.83 bits per heavy atom. The highest BCUT2D eigenvalue weighted by Gasteiger charge is 2.36. The molecule has 1 aliphatic rings. The molecule has 0 saturated carbocycles. The third kappa shape index (κ3) is 3.02. The molecule has 0 fully saturated rings. The second-order valence-corrected chi connectivity index (χ2v) is 6.33. The van der Waals surface area contributed by atoms with Crippen LogP contribution in [0.2, 0.25) is 0 Å². The summed E-state index contributed by atoms with van der Waals surface area (Å²) in [4.78, 5) is 10.7. The Hall–Kier alpha value is -4.32. The van der Waals surface area contributed by atoms with Gasteiger partial charge in [0, 0.05) is 17.7 Å². The minimum Gasteiger partial charge on any atom is -0.497 e. The number of H-pyrrole nitrogens is 1. The number of fused-ring (bicyclic) bond motifs is 1. The van der Waals surface area contributed by atoms with Gasteiger partial charge in [0.15, 0.2) is 0 Å². The normalized spacial score (nSPS) is 15.2. The van der Waals surface area contributed by atoms with Crippen LogP contribution in [0.15, 0.2) is 60.0 Å². The fourth-order valence-corrected chi connectivity index (χ4v) is 3.39. The van der Waals surface area contributed by atoms with Crippen molar-refractivity contribution in [3.8, 4) is 29.0 Å². The van der Waals surface area contributed by atoms with E-state index in [1.165, 1.54) is 12.1 Å². The van der Waals surface area contributed by atoms with Gasteiger partial charge in [0.25, 0.3) is 5.69 Å². The van der Waals surface area contributed by atoms with Crippen LogP contribution in [0.4, 0.5) is 5.69 Å². The average molecular weight is 389 g/mol. The van der Waals surface area contributed by atoms with Gasteiger partial charge in [-0.15, -0.1) is 5.10 Å². The molecule has 0 spiro atoms. The van der Waals surface area contributed by atoms with Crippen LogP contribution in [0.5, 0.6) is 11.6 Å². The summed E-state index contributed by atoms with van der Waals surface area (Å²) in [5.74, 6) is 0.222. The highest BCUT2D eigenvalue weighted by molar-refractivity contribution is 5.72. The molecule has 144 valence electrons. The van der Waals surface area contributed by atoms with E-state index in [1.807, 2.05) is 12.1 Å². The highest BCUT2D eigenvalue weighted by atomic mass is 16.6. The molecule has 2 heterocycles. The molecule has 4 rings (SSSR count). The molecule has 9 heteroatoms. The number of nitrogens with two attached hydrogens (primary N) is 1. The fraction of sp³-hybridized carbons (Fsp3) is 0.100. The summed E-state index contributed by atoms with van der Waals surface area (Å²) in [6.45, 7) is 0. The van der Waals surface area contributed by atoms with E-state index in [1.54, 1.807) is 31.4 Å². The van der Waals surface area contributed by atoms with Crippen LogP contribution < -0.4 is 15.2 Å². The second kappa shape index (κ2) is 7.01. The van der Waals surface area contributed by atoms with Gasteiger partial charge in [-0.05, 0) is 17.7 Å². The van der Waals surface area contributed by atoms with Crippen LogP contribution >= 0.6 is 0 Å². The van der Waals surface area contributed by atoms with Gasteiger partial charge in [0.1, 0.15) is 17.4 Å². The zero-order valence-electron chi connectivity index (χ0n) is 15.2. The lowest BCUT2D eigenvalue weighted by Gasteiger charge is -2.24. The second-order valence-electron chi connectivity index (χ2n) is 6.33. The first-order valence-corrected chi connectivity index (χ1v) is 8.58. The maximum absolute atomic E-state index is 11.2. The first kappa shape index (κ1) is 18.1. The van der Waals surface area contributed by atoms with Crippen molar-refractivity contribution < 1.29 is 14.4 Å². The van der Waals surface area contributed by atoms with Crippen molar-refractivity contribution in [3.05, 3.63) is 81.2 Å². The Labute approximate surface area is 165 Å². The van der Waals surface area contributed by atoms with Crippen molar-refractivity contribution in [3.63, 3.8) is 0 Å². The van der Waals surface area contributed by atoms with Crippen LogP contribution in [-0.2, 0) is 0 Å². The Morgan fingerprint density at radius 1 is 1.31 bits per heavy atom. The minimum atomic E-state index is -0.577. The van der Waals surface area contributed by atoms with E-state index in [2.05, 4.69) is 16.3 Å². The third-order valence-electron chi connectivity index (χ3n) is 4.71. The molecule has 3 aromatic rings. The molecule has 29 heavy (non-hydrogen) atoms. The molecular weight excluding hydrogens is 374 g/mol. The largest absolute Gasteiger partial charge is 0.497 e. The van der Waals surface area contributed by atoms with Crippen LogP contribution in [0.25, 0.3) is 11.3 Å². The van der Waals surface area contributed by atoms with Crippen LogP contribution in [0, 0.1) is 21.4 Å². The number of aromatic nitrogens is 2. The smallest absolute Gasteiger partial charge is 0.270 e. The lowest BCUT2D eigenvalue weighted by molar-refractivity contribution is -0.384. The number of methoxy groups -OCH3 is 1. The SMILES string of the molecule is COc1cccc(C2C(C#N)=C(N)Oc3n[nH]c(-c4cccc([N+](=O)[O-])c4)c32)c1. The molecule has 0 saturated heterocycles. The number of ether oxygens (including phenoxy) is 2. The summed E-state index contributed by atoms with van der Waals surface area (Å²) in [5.41, 5.74) is 8.52. The summed E-state index contributed by atoms with van der Waals surface area (Å²) in [6.07, 6.45) is 0. The minimum absolute atomic E-state index is 0.0371. The van der Waals surface area contributed by atoms with Crippen LogP contribution in [-0.4, -0.2) is 22.2 Å². The number of benzene rings is 2.